The van der Waals surface area contributed by atoms with Crippen LogP contribution >= 0.6 is 0 Å². The van der Waals surface area contributed by atoms with Crippen LogP contribution in [-0.2, 0) is 28.6 Å². The third kappa shape index (κ3) is 60.1. The van der Waals surface area contributed by atoms with E-state index in [1.54, 1.807) is 0 Å². The molecule has 1 atom stereocenters. The molecule has 0 amide bonds. The lowest BCUT2D eigenvalue weighted by Crippen LogP contribution is -2.30. The number of esters is 3. The van der Waals surface area contributed by atoms with Gasteiger partial charge >= 0.3 is 17.9 Å². The predicted molar refractivity (Wildman–Crippen MR) is 316 cm³/mol. The van der Waals surface area contributed by atoms with Crippen molar-refractivity contribution >= 4 is 17.9 Å². The maximum absolute atomic E-state index is 12.9. The number of carbonyl (C=O) groups excluding carboxylic acids is 3. The smallest absolute Gasteiger partial charge is 0.306 e. The van der Waals surface area contributed by atoms with Gasteiger partial charge in [-0.15, -0.1) is 0 Å². The Kier molecular flexibility index (Phi) is 59.7. The van der Waals surface area contributed by atoms with Gasteiger partial charge in [0.05, 0.1) is 0 Å². The van der Waals surface area contributed by atoms with Crippen LogP contribution in [0, 0.1) is 0 Å². The van der Waals surface area contributed by atoms with Crippen molar-refractivity contribution in [2.24, 2.45) is 0 Å². The minimum atomic E-state index is -0.779. The summed E-state index contributed by atoms with van der Waals surface area (Å²) >= 11 is 0. The van der Waals surface area contributed by atoms with Crippen LogP contribution < -0.4 is 0 Å². The Labute approximate surface area is 454 Å². The standard InChI is InChI=1S/C67H122O6/c1-4-7-10-13-16-19-22-25-27-28-29-30-31-32-33-34-35-36-37-38-40-42-45-48-51-54-57-60-66(69)72-63-64(62-71-65(68)59-56-53-50-47-44-41-24-21-18-15-12-9-6-3)73-67(70)61-58-55-52-49-46-43-39-26-23-20-17-14-11-8-5-2/h21-22,24-26,28-29,39,64H,4-20,23,27,30-38,40-63H2,1-3H3/b24-21-,25-22-,29-28-,39-26-. The summed E-state index contributed by atoms with van der Waals surface area (Å²) < 4.78 is 16.9. The molecule has 0 saturated heterocycles. The summed E-state index contributed by atoms with van der Waals surface area (Å²) in [5, 5.41) is 0. The monoisotopic (exact) mass is 1020 g/mol. The van der Waals surface area contributed by atoms with E-state index in [1.165, 1.54) is 225 Å². The first-order chi connectivity index (χ1) is 36.0. The van der Waals surface area contributed by atoms with Crippen molar-refractivity contribution in [3.05, 3.63) is 48.6 Å². The average Bonchev–Trinajstić information content (AvgIpc) is 3.39. The summed E-state index contributed by atoms with van der Waals surface area (Å²) in [5.74, 6) is -0.876. The number of ether oxygens (including phenoxy) is 3. The Hall–Kier alpha value is -2.63. The highest BCUT2D eigenvalue weighted by Crippen LogP contribution is 2.17. The topological polar surface area (TPSA) is 78.9 Å². The van der Waals surface area contributed by atoms with Gasteiger partial charge in [-0.2, -0.15) is 0 Å². The number of hydrogen-bond donors (Lipinski definition) is 0. The molecule has 0 aromatic heterocycles. The third-order valence-corrected chi connectivity index (χ3v) is 14.3. The number of allylic oxidation sites excluding steroid dienone is 8. The predicted octanol–water partition coefficient (Wildman–Crippen LogP) is 21.8. The SMILES string of the molecule is CCCCCC/C=C\CCCCCCCC(=O)OCC(COC(=O)CCCCCCCCCCCCCCCCC/C=C\C/C=C\CCCCCCC)OC(=O)CCCCCCC/C=C\CCCCCCCC. The minimum Gasteiger partial charge on any atom is -0.462 e. The van der Waals surface area contributed by atoms with Crippen LogP contribution in [0.1, 0.15) is 342 Å². The Morgan fingerprint density at radius 2 is 0.493 bits per heavy atom. The molecule has 0 aliphatic carbocycles. The highest BCUT2D eigenvalue weighted by molar-refractivity contribution is 5.71. The molecule has 0 aliphatic rings. The molecule has 0 aromatic rings. The minimum absolute atomic E-state index is 0.0763. The summed E-state index contributed by atoms with van der Waals surface area (Å²) in [7, 11) is 0. The maximum Gasteiger partial charge on any atom is 0.306 e. The molecular formula is C67H122O6. The zero-order valence-corrected chi connectivity index (χ0v) is 48.9. The van der Waals surface area contributed by atoms with Crippen LogP contribution in [0.3, 0.4) is 0 Å². The van der Waals surface area contributed by atoms with Crippen LogP contribution in [0.15, 0.2) is 48.6 Å². The lowest BCUT2D eigenvalue weighted by molar-refractivity contribution is -0.167. The molecule has 0 bridgehead atoms. The maximum atomic E-state index is 12.9. The van der Waals surface area contributed by atoms with Crippen molar-refractivity contribution in [3.63, 3.8) is 0 Å². The van der Waals surface area contributed by atoms with E-state index in [0.717, 1.165) is 77.0 Å². The van der Waals surface area contributed by atoms with Gasteiger partial charge in [-0.25, -0.2) is 0 Å². The fraction of sp³-hybridized carbons (Fsp3) is 0.836. The molecule has 0 rings (SSSR count). The molecular weight excluding hydrogens is 901 g/mol. The van der Waals surface area contributed by atoms with E-state index >= 15 is 0 Å². The molecule has 0 aromatic carbocycles. The van der Waals surface area contributed by atoms with Crippen molar-refractivity contribution in [2.75, 3.05) is 13.2 Å². The van der Waals surface area contributed by atoms with Crippen LogP contribution in [0.4, 0.5) is 0 Å². The average molecular weight is 1020 g/mol. The largest absolute Gasteiger partial charge is 0.462 e. The normalized spacial score (nSPS) is 12.3. The third-order valence-electron chi connectivity index (χ3n) is 14.3. The van der Waals surface area contributed by atoms with E-state index in [4.69, 9.17) is 14.2 Å². The van der Waals surface area contributed by atoms with Gasteiger partial charge in [-0.3, -0.25) is 14.4 Å². The van der Waals surface area contributed by atoms with Gasteiger partial charge in [0.25, 0.3) is 0 Å². The lowest BCUT2D eigenvalue weighted by atomic mass is 10.0. The Bertz CT molecular complexity index is 1270. The van der Waals surface area contributed by atoms with Gasteiger partial charge in [-0.05, 0) is 103 Å². The molecule has 0 radical (unpaired) electrons. The van der Waals surface area contributed by atoms with Gasteiger partial charge in [-0.1, -0.05) is 268 Å². The Morgan fingerprint density at radius 3 is 0.781 bits per heavy atom. The molecule has 1 unspecified atom stereocenters. The van der Waals surface area contributed by atoms with Crippen LogP contribution in [0.25, 0.3) is 0 Å². The van der Waals surface area contributed by atoms with Crippen LogP contribution in [0.2, 0.25) is 0 Å². The Morgan fingerprint density at radius 1 is 0.274 bits per heavy atom. The quantitative estimate of drug-likeness (QED) is 0.0261. The van der Waals surface area contributed by atoms with Crippen molar-refractivity contribution in [3.8, 4) is 0 Å². The molecule has 426 valence electrons. The first-order valence-electron chi connectivity index (χ1n) is 32.1. The summed E-state index contributed by atoms with van der Waals surface area (Å²) in [4.78, 5) is 38.2. The molecule has 0 heterocycles. The number of hydrogen-bond acceptors (Lipinski definition) is 6. The Balaban J connectivity index is 4.22. The second-order valence-electron chi connectivity index (χ2n) is 21.7. The molecule has 0 aliphatic heterocycles. The first kappa shape index (κ1) is 70.4. The number of carbonyl (C=O) groups is 3. The molecule has 73 heavy (non-hydrogen) atoms. The molecule has 0 saturated carbocycles. The molecule has 6 heteroatoms. The number of rotatable bonds is 59. The highest BCUT2D eigenvalue weighted by atomic mass is 16.6. The van der Waals surface area contributed by atoms with Gasteiger partial charge < -0.3 is 14.2 Å². The van der Waals surface area contributed by atoms with Crippen LogP contribution in [0.5, 0.6) is 0 Å². The van der Waals surface area contributed by atoms with Gasteiger partial charge in [0.1, 0.15) is 13.2 Å². The first-order valence-corrected chi connectivity index (χ1v) is 32.1. The number of unbranched alkanes of at least 4 members (excludes halogenated alkanes) is 40. The van der Waals surface area contributed by atoms with E-state index in [2.05, 4.69) is 69.4 Å². The zero-order valence-electron chi connectivity index (χ0n) is 48.9. The van der Waals surface area contributed by atoms with E-state index < -0.39 is 6.10 Å². The molecule has 0 fully saturated rings. The fourth-order valence-corrected chi connectivity index (χ4v) is 9.41. The second-order valence-corrected chi connectivity index (χ2v) is 21.7. The second kappa shape index (κ2) is 61.9. The van der Waals surface area contributed by atoms with Crippen molar-refractivity contribution in [1.29, 1.82) is 0 Å². The molecule has 0 N–H and O–H groups in total. The van der Waals surface area contributed by atoms with Crippen molar-refractivity contribution in [2.45, 2.75) is 348 Å². The van der Waals surface area contributed by atoms with E-state index in [0.29, 0.717) is 19.3 Å². The fourth-order valence-electron chi connectivity index (χ4n) is 9.41. The van der Waals surface area contributed by atoms with Gasteiger partial charge in [0, 0.05) is 19.3 Å². The summed E-state index contributed by atoms with van der Waals surface area (Å²) in [6, 6.07) is 0. The molecule has 6 nitrogen and oxygen atoms in total. The van der Waals surface area contributed by atoms with Crippen LogP contribution in [-0.4, -0.2) is 37.2 Å². The van der Waals surface area contributed by atoms with E-state index in [9.17, 15) is 14.4 Å². The van der Waals surface area contributed by atoms with Gasteiger partial charge in [0.2, 0.25) is 0 Å². The highest BCUT2D eigenvalue weighted by Gasteiger charge is 2.19. The van der Waals surface area contributed by atoms with Crippen molar-refractivity contribution in [1.82, 2.24) is 0 Å². The van der Waals surface area contributed by atoms with Gasteiger partial charge in [0.15, 0.2) is 6.10 Å². The zero-order chi connectivity index (χ0) is 52.9. The summed E-state index contributed by atoms with van der Waals surface area (Å²) in [6.07, 6.45) is 76.9. The molecule has 0 spiro atoms. The van der Waals surface area contributed by atoms with E-state index in [-0.39, 0.29) is 31.1 Å². The summed E-state index contributed by atoms with van der Waals surface area (Å²) in [6.45, 7) is 6.64. The lowest BCUT2D eigenvalue weighted by Gasteiger charge is -2.18. The summed E-state index contributed by atoms with van der Waals surface area (Å²) in [5.41, 5.74) is 0. The van der Waals surface area contributed by atoms with Crippen molar-refractivity contribution < 1.29 is 28.6 Å². The van der Waals surface area contributed by atoms with E-state index in [1.807, 2.05) is 0 Å².